The van der Waals surface area contributed by atoms with Gasteiger partial charge in [-0.2, -0.15) is 4.98 Å². The number of morpholine rings is 1. The van der Waals surface area contributed by atoms with Gasteiger partial charge in [0.2, 0.25) is 5.95 Å². The molecule has 2 aromatic rings. The predicted octanol–water partition coefficient (Wildman–Crippen LogP) is 2.81. The molecule has 132 valence electrons. The molecule has 0 bridgehead atoms. The average Bonchev–Trinajstić information content (AvgIpc) is 2.63. The maximum Gasteiger partial charge on any atom is 0.337 e. The molecule has 0 atom stereocenters. The van der Waals surface area contributed by atoms with Crippen LogP contribution in [0.3, 0.4) is 0 Å². The molecule has 1 saturated heterocycles. The molecule has 8 heteroatoms. The van der Waals surface area contributed by atoms with E-state index in [1.54, 1.807) is 18.2 Å². The van der Waals surface area contributed by atoms with Gasteiger partial charge in [0.1, 0.15) is 5.82 Å². The second-order valence-corrected chi connectivity index (χ2v) is 6.01. The number of aryl methyl sites for hydroxylation is 1. The Labute approximate surface area is 150 Å². The molecule has 25 heavy (non-hydrogen) atoms. The molecular weight excluding hydrogens is 344 g/mol. The molecule has 1 aromatic carbocycles. The third-order valence-corrected chi connectivity index (χ3v) is 4.12. The molecule has 0 radical (unpaired) electrons. The van der Waals surface area contributed by atoms with Crippen LogP contribution in [0.25, 0.3) is 0 Å². The summed E-state index contributed by atoms with van der Waals surface area (Å²) in [5.74, 6) is 0.830. The largest absolute Gasteiger partial charge is 0.465 e. The first-order valence-electron chi connectivity index (χ1n) is 7.90. The molecule has 1 aliphatic rings. The quantitative estimate of drug-likeness (QED) is 0.838. The summed E-state index contributed by atoms with van der Waals surface area (Å²) in [6.45, 7) is 4.73. The highest BCUT2D eigenvalue weighted by molar-refractivity contribution is 6.33. The van der Waals surface area contributed by atoms with Gasteiger partial charge in [0.05, 0.1) is 36.6 Å². The van der Waals surface area contributed by atoms with Crippen molar-refractivity contribution in [1.29, 1.82) is 0 Å². The number of nitrogens with zero attached hydrogens (tertiary/aromatic N) is 3. The van der Waals surface area contributed by atoms with Crippen LogP contribution in [0, 0.1) is 6.92 Å². The lowest BCUT2D eigenvalue weighted by Crippen LogP contribution is -2.37. The summed E-state index contributed by atoms with van der Waals surface area (Å²) in [4.78, 5) is 22.8. The van der Waals surface area contributed by atoms with Crippen LogP contribution < -0.4 is 10.2 Å². The molecule has 1 aliphatic heterocycles. The van der Waals surface area contributed by atoms with Gasteiger partial charge in [-0.05, 0) is 25.1 Å². The summed E-state index contributed by atoms with van der Waals surface area (Å²) in [5, 5.41) is 3.65. The molecule has 1 N–H and O–H groups in total. The summed E-state index contributed by atoms with van der Waals surface area (Å²) in [7, 11) is 1.34. The van der Waals surface area contributed by atoms with E-state index in [2.05, 4.69) is 20.2 Å². The maximum atomic E-state index is 11.7. The molecule has 0 amide bonds. The number of esters is 1. The molecule has 0 saturated carbocycles. The fraction of sp³-hybridized carbons (Fsp3) is 0.353. The van der Waals surface area contributed by atoms with E-state index in [1.807, 2.05) is 13.0 Å². The van der Waals surface area contributed by atoms with Crippen LogP contribution in [0.15, 0.2) is 24.3 Å². The first-order chi connectivity index (χ1) is 12.1. The summed E-state index contributed by atoms with van der Waals surface area (Å²) in [5.41, 5.74) is 1.82. The van der Waals surface area contributed by atoms with Crippen molar-refractivity contribution < 1.29 is 14.3 Å². The lowest BCUT2D eigenvalue weighted by atomic mass is 10.2. The van der Waals surface area contributed by atoms with Crippen molar-refractivity contribution in [2.75, 3.05) is 43.6 Å². The number of carbonyl (C=O) groups excluding carboxylic acids is 1. The van der Waals surface area contributed by atoms with Crippen molar-refractivity contribution in [2.45, 2.75) is 6.92 Å². The summed E-state index contributed by atoms with van der Waals surface area (Å²) < 4.78 is 10.1. The number of anilines is 3. The number of hydrogen-bond acceptors (Lipinski definition) is 7. The first-order valence-corrected chi connectivity index (χ1v) is 8.28. The Hall–Kier alpha value is -2.38. The third-order valence-electron chi connectivity index (χ3n) is 3.79. The van der Waals surface area contributed by atoms with E-state index in [0.717, 1.165) is 18.8 Å². The second kappa shape index (κ2) is 7.67. The number of methoxy groups -OCH3 is 1. The monoisotopic (exact) mass is 362 g/mol. The molecule has 7 nitrogen and oxygen atoms in total. The van der Waals surface area contributed by atoms with Crippen LogP contribution in [0.2, 0.25) is 5.02 Å². The molecule has 3 rings (SSSR count). The Morgan fingerprint density at radius 1 is 1.28 bits per heavy atom. The van der Waals surface area contributed by atoms with Gasteiger partial charge in [0, 0.05) is 24.8 Å². The van der Waals surface area contributed by atoms with Crippen molar-refractivity contribution >= 4 is 35.0 Å². The predicted molar refractivity (Wildman–Crippen MR) is 95.9 cm³/mol. The summed E-state index contributed by atoms with van der Waals surface area (Å²) in [6, 6.07) is 6.72. The zero-order chi connectivity index (χ0) is 17.8. The van der Waals surface area contributed by atoms with Gasteiger partial charge in [-0.15, -0.1) is 0 Å². The molecule has 2 heterocycles. The molecular formula is C17H19ClN4O3. The van der Waals surface area contributed by atoms with Crippen LogP contribution in [-0.2, 0) is 9.47 Å². The number of ether oxygens (including phenoxy) is 2. The van der Waals surface area contributed by atoms with Gasteiger partial charge in [-0.3, -0.25) is 0 Å². The van der Waals surface area contributed by atoms with Gasteiger partial charge < -0.3 is 19.7 Å². The Bertz CT molecular complexity index is 778. The highest BCUT2D eigenvalue weighted by Crippen LogP contribution is 2.27. The number of carbonyl (C=O) groups is 1. The second-order valence-electron chi connectivity index (χ2n) is 5.61. The number of hydrogen-bond donors (Lipinski definition) is 1. The number of benzene rings is 1. The fourth-order valence-electron chi connectivity index (χ4n) is 2.53. The minimum Gasteiger partial charge on any atom is -0.465 e. The van der Waals surface area contributed by atoms with Gasteiger partial charge in [0.25, 0.3) is 0 Å². The maximum absolute atomic E-state index is 11.7. The van der Waals surface area contributed by atoms with E-state index in [4.69, 9.17) is 21.1 Å². The van der Waals surface area contributed by atoms with Gasteiger partial charge in [0.15, 0.2) is 0 Å². The minimum atomic E-state index is -0.424. The lowest BCUT2D eigenvalue weighted by Gasteiger charge is -2.27. The molecule has 1 fully saturated rings. The number of aromatic nitrogens is 2. The average molecular weight is 363 g/mol. The van der Waals surface area contributed by atoms with Crippen LogP contribution in [0.5, 0.6) is 0 Å². The SMILES string of the molecule is COC(=O)c1ccc(Cl)c(Nc2cc(C)nc(N3CCOCC3)n2)c1. The Morgan fingerprint density at radius 3 is 2.76 bits per heavy atom. The third kappa shape index (κ3) is 4.18. The molecule has 1 aromatic heterocycles. The van der Waals surface area contributed by atoms with E-state index in [-0.39, 0.29) is 0 Å². The van der Waals surface area contributed by atoms with Gasteiger partial charge in [-0.1, -0.05) is 11.6 Å². The van der Waals surface area contributed by atoms with E-state index >= 15 is 0 Å². The van der Waals surface area contributed by atoms with E-state index in [1.165, 1.54) is 7.11 Å². The first kappa shape index (κ1) is 17.4. The normalized spacial score (nSPS) is 14.3. The van der Waals surface area contributed by atoms with Crippen molar-refractivity contribution in [3.05, 3.63) is 40.5 Å². The Kier molecular flexibility index (Phi) is 5.35. The standard InChI is InChI=1S/C17H19ClN4O3/c1-11-9-15(21-17(19-11)22-5-7-25-8-6-22)20-14-10-12(16(23)24-2)3-4-13(14)18/h3-4,9-10H,5-8H2,1-2H3,(H,19,20,21). The number of halogens is 1. The van der Waals surface area contributed by atoms with Crippen molar-refractivity contribution in [2.24, 2.45) is 0 Å². The van der Waals surface area contributed by atoms with Crippen LogP contribution in [0.4, 0.5) is 17.5 Å². The fourth-order valence-corrected chi connectivity index (χ4v) is 2.69. The zero-order valence-electron chi connectivity index (χ0n) is 14.1. The number of nitrogens with one attached hydrogen (secondary N) is 1. The molecule has 0 aliphatic carbocycles. The number of rotatable bonds is 4. The van der Waals surface area contributed by atoms with Gasteiger partial charge in [-0.25, -0.2) is 9.78 Å². The topological polar surface area (TPSA) is 76.6 Å². The van der Waals surface area contributed by atoms with E-state index in [9.17, 15) is 4.79 Å². The smallest absolute Gasteiger partial charge is 0.337 e. The van der Waals surface area contributed by atoms with Crippen molar-refractivity contribution in [3.63, 3.8) is 0 Å². The van der Waals surface area contributed by atoms with Crippen LogP contribution >= 0.6 is 11.6 Å². The van der Waals surface area contributed by atoms with E-state index < -0.39 is 5.97 Å². The van der Waals surface area contributed by atoms with Gasteiger partial charge >= 0.3 is 5.97 Å². The van der Waals surface area contributed by atoms with Crippen LogP contribution in [0.1, 0.15) is 16.1 Å². The Balaban J connectivity index is 1.87. The molecule has 0 spiro atoms. The lowest BCUT2D eigenvalue weighted by molar-refractivity contribution is 0.0601. The van der Waals surface area contributed by atoms with Crippen molar-refractivity contribution in [1.82, 2.24) is 9.97 Å². The zero-order valence-corrected chi connectivity index (χ0v) is 14.8. The van der Waals surface area contributed by atoms with E-state index in [0.29, 0.717) is 41.3 Å². The summed E-state index contributed by atoms with van der Waals surface area (Å²) >= 11 is 6.24. The highest BCUT2D eigenvalue weighted by Gasteiger charge is 2.16. The molecule has 0 unspecified atom stereocenters. The summed E-state index contributed by atoms with van der Waals surface area (Å²) in [6.07, 6.45) is 0. The van der Waals surface area contributed by atoms with Crippen LogP contribution in [-0.4, -0.2) is 49.4 Å². The van der Waals surface area contributed by atoms with Crippen molar-refractivity contribution in [3.8, 4) is 0 Å². The Morgan fingerprint density at radius 2 is 2.04 bits per heavy atom. The minimum absolute atomic E-state index is 0.411. The highest BCUT2D eigenvalue weighted by atomic mass is 35.5.